The van der Waals surface area contributed by atoms with Crippen molar-refractivity contribution >= 4 is 16.5 Å². The molecule has 0 spiro atoms. The number of thiazole rings is 1. The van der Waals surface area contributed by atoms with E-state index in [0.29, 0.717) is 10.7 Å². The van der Waals surface area contributed by atoms with Crippen LogP contribution in [0.3, 0.4) is 0 Å². The SMILES string of the molecule is C=C(C)Cn1nc(-c2ccc(F)c(C)c2)cc1CCC.C=CCc1nc(N)sc1CCC. The fourth-order valence-electron chi connectivity index (χ4n) is 3.37. The summed E-state index contributed by atoms with van der Waals surface area (Å²) in [6.45, 7) is 16.5. The fourth-order valence-corrected chi connectivity index (χ4v) is 4.33. The molecule has 2 N–H and O–H groups in total. The predicted octanol–water partition coefficient (Wildman–Crippen LogP) is 6.93. The van der Waals surface area contributed by atoms with Gasteiger partial charge in [-0.15, -0.1) is 17.9 Å². The zero-order valence-corrected chi connectivity index (χ0v) is 20.6. The molecule has 2 heterocycles. The lowest BCUT2D eigenvalue weighted by Gasteiger charge is -2.05. The first kappa shape index (κ1) is 25.5. The van der Waals surface area contributed by atoms with E-state index in [1.807, 2.05) is 23.7 Å². The number of benzene rings is 1. The van der Waals surface area contributed by atoms with E-state index in [0.717, 1.165) is 61.2 Å². The zero-order valence-electron chi connectivity index (χ0n) is 19.7. The number of nitrogens with two attached hydrogens (primary N) is 1. The second-order valence-electron chi connectivity index (χ2n) is 8.01. The van der Waals surface area contributed by atoms with Crippen LogP contribution < -0.4 is 5.73 Å². The lowest BCUT2D eigenvalue weighted by molar-refractivity contribution is 0.618. The van der Waals surface area contributed by atoms with Gasteiger partial charge in [-0.3, -0.25) is 4.68 Å². The van der Waals surface area contributed by atoms with Gasteiger partial charge in [0.1, 0.15) is 5.82 Å². The molecule has 32 heavy (non-hydrogen) atoms. The molecule has 0 saturated carbocycles. The Morgan fingerprint density at radius 3 is 2.53 bits per heavy atom. The highest BCUT2D eigenvalue weighted by Crippen LogP contribution is 2.23. The van der Waals surface area contributed by atoms with Gasteiger partial charge in [0.05, 0.1) is 17.9 Å². The van der Waals surface area contributed by atoms with Crippen molar-refractivity contribution in [2.45, 2.75) is 66.3 Å². The first-order valence-corrected chi connectivity index (χ1v) is 11.9. The minimum atomic E-state index is -0.177. The topological polar surface area (TPSA) is 56.7 Å². The molecule has 3 rings (SSSR count). The van der Waals surface area contributed by atoms with Crippen LogP contribution in [-0.2, 0) is 25.8 Å². The van der Waals surface area contributed by atoms with Crippen molar-refractivity contribution in [3.63, 3.8) is 0 Å². The summed E-state index contributed by atoms with van der Waals surface area (Å²) in [5.41, 5.74) is 11.5. The van der Waals surface area contributed by atoms with Crippen molar-refractivity contribution in [1.29, 1.82) is 0 Å². The van der Waals surface area contributed by atoms with Gasteiger partial charge in [0.2, 0.25) is 0 Å². The normalized spacial score (nSPS) is 10.5. The van der Waals surface area contributed by atoms with Crippen LogP contribution in [0.25, 0.3) is 11.3 Å². The van der Waals surface area contributed by atoms with Gasteiger partial charge in [-0.2, -0.15) is 5.10 Å². The van der Waals surface area contributed by atoms with Gasteiger partial charge in [0.15, 0.2) is 5.13 Å². The number of allylic oxidation sites excluding steroid dienone is 2. The molecule has 172 valence electrons. The number of anilines is 1. The molecule has 0 aliphatic heterocycles. The van der Waals surface area contributed by atoms with Crippen LogP contribution in [0.5, 0.6) is 0 Å². The number of aryl methyl sites for hydroxylation is 3. The summed E-state index contributed by atoms with van der Waals surface area (Å²) in [5.74, 6) is -0.177. The van der Waals surface area contributed by atoms with Crippen molar-refractivity contribution in [3.05, 3.63) is 76.7 Å². The van der Waals surface area contributed by atoms with Crippen molar-refractivity contribution in [3.8, 4) is 11.3 Å². The van der Waals surface area contributed by atoms with E-state index in [2.05, 4.69) is 43.2 Å². The molecule has 0 unspecified atom stereocenters. The maximum Gasteiger partial charge on any atom is 0.180 e. The number of hydrogen-bond acceptors (Lipinski definition) is 4. The molecule has 0 aliphatic rings. The molecule has 6 heteroatoms. The Morgan fingerprint density at radius 2 is 1.94 bits per heavy atom. The van der Waals surface area contributed by atoms with Crippen LogP contribution in [0.4, 0.5) is 9.52 Å². The Labute approximate surface area is 195 Å². The quantitative estimate of drug-likeness (QED) is 0.357. The molecule has 1 aromatic carbocycles. The Kier molecular flexibility index (Phi) is 9.85. The first-order chi connectivity index (χ1) is 15.3. The fraction of sp³-hybridized carbons (Fsp3) is 0.385. The molecule has 0 aliphatic carbocycles. The summed E-state index contributed by atoms with van der Waals surface area (Å²) in [4.78, 5) is 5.56. The summed E-state index contributed by atoms with van der Waals surface area (Å²) >= 11 is 1.60. The summed E-state index contributed by atoms with van der Waals surface area (Å²) < 4.78 is 15.4. The number of halogens is 1. The average Bonchev–Trinajstić information content (AvgIpc) is 3.28. The monoisotopic (exact) mass is 454 g/mol. The minimum Gasteiger partial charge on any atom is -0.375 e. The Hall–Kier alpha value is -2.73. The van der Waals surface area contributed by atoms with Crippen molar-refractivity contribution in [2.24, 2.45) is 0 Å². The molecule has 0 amide bonds. The Balaban J connectivity index is 0.000000258. The van der Waals surface area contributed by atoms with Gasteiger partial charge in [-0.05, 0) is 56.5 Å². The van der Waals surface area contributed by atoms with Crippen molar-refractivity contribution < 1.29 is 4.39 Å². The Morgan fingerprint density at radius 1 is 1.22 bits per heavy atom. The van der Waals surface area contributed by atoms with Gasteiger partial charge in [-0.1, -0.05) is 44.9 Å². The number of nitrogen functional groups attached to an aromatic ring is 1. The highest BCUT2D eigenvalue weighted by molar-refractivity contribution is 7.15. The van der Waals surface area contributed by atoms with Crippen LogP contribution in [0.2, 0.25) is 0 Å². The van der Waals surface area contributed by atoms with E-state index in [-0.39, 0.29) is 5.82 Å². The van der Waals surface area contributed by atoms with E-state index in [1.54, 1.807) is 24.3 Å². The molecule has 0 bridgehead atoms. The van der Waals surface area contributed by atoms with Crippen LogP contribution in [0, 0.1) is 12.7 Å². The molecule has 0 fully saturated rings. The highest BCUT2D eigenvalue weighted by atomic mass is 32.1. The summed E-state index contributed by atoms with van der Waals surface area (Å²) in [6.07, 6.45) is 6.99. The maximum absolute atomic E-state index is 13.4. The van der Waals surface area contributed by atoms with E-state index in [4.69, 9.17) is 5.73 Å². The molecule has 2 aromatic heterocycles. The van der Waals surface area contributed by atoms with Crippen molar-refractivity contribution in [2.75, 3.05) is 5.73 Å². The summed E-state index contributed by atoms with van der Waals surface area (Å²) in [7, 11) is 0. The van der Waals surface area contributed by atoms with E-state index in [9.17, 15) is 4.39 Å². The number of hydrogen-bond donors (Lipinski definition) is 1. The van der Waals surface area contributed by atoms with Gasteiger partial charge >= 0.3 is 0 Å². The van der Waals surface area contributed by atoms with E-state index >= 15 is 0 Å². The third-order valence-electron chi connectivity index (χ3n) is 4.85. The molecule has 4 nitrogen and oxygen atoms in total. The van der Waals surface area contributed by atoms with E-state index in [1.165, 1.54) is 16.6 Å². The molecular weight excluding hydrogens is 419 g/mol. The summed E-state index contributed by atoms with van der Waals surface area (Å²) in [6, 6.07) is 7.23. The van der Waals surface area contributed by atoms with Crippen LogP contribution >= 0.6 is 11.3 Å². The molecule has 3 aromatic rings. The van der Waals surface area contributed by atoms with E-state index < -0.39 is 0 Å². The molecular formula is C26H35FN4S. The highest BCUT2D eigenvalue weighted by Gasteiger charge is 2.10. The maximum atomic E-state index is 13.4. The third kappa shape index (κ3) is 7.16. The predicted molar refractivity (Wildman–Crippen MR) is 136 cm³/mol. The second-order valence-corrected chi connectivity index (χ2v) is 9.13. The lowest BCUT2D eigenvalue weighted by atomic mass is 10.1. The average molecular weight is 455 g/mol. The van der Waals surface area contributed by atoms with Crippen LogP contribution in [-0.4, -0.2) is 14.8 Å². The number of nitrogens with zero attached hydrogens (tertiary/aromatic N) is 3. The van der Waals surface area contributed by atoms with Gasteiger partial charge in [0.25, 0.3) is 0 Å². The Bertz CT molecular complexity index is 1050. The number of rotatable bonds is 9. The van der Waals surface area contributed by atoms with Gasteiger partial charge in [0, 0.05) is 22.6 Å². The molecule has 0 radical (unpaired) electrons. The molecule has 0 saturated heterocycles. The van der Waals surface area contributed by atoms with Crippen LogP contribution in [0.1, 0.15) is 55.4 Å². The zero-order chi connectivity index (χ0) is 23.7. The first-order valence-electron chi connectivity index (χ1n) is 11.1. The number of aromatic nitrogens is 3. The van der Waals surface area contributed by atoms with Crippen molar-refractivity contribution in [1.82, 2.24) is 14.8 Å². The minimum absolute atomic E-state index is 0.177. The summed E-state index contributed by atoms with van der Waals surface area (Å²) in [5, 5.41) is 5.32. The van der Waals surface area contributed by atoms with Crippen LogP contribution in [0.15, 0.2) is 49.1 Å². The molecule has 0 atom stereocenters. The van der Waals surface area contributed by atoms with Gasteiger partial charge < -0.3 is 5.73 Å². The smallest absolute Gasteiger partial charge is 0.180 e. The second kappa shape index (κ2) is 12.3. The standard InChI is InChI=1S/C17H21FN2.C9H14N2S/c1-5-6-15-10-17(19-20(15)11-12(2)3)14-7-8-16(18)13(4)9-14;1-3-5-7-8(6-4-2)12-9(10)11-7/h7-10H,2,5-6,11H2,1,3-4H3;3H,1,4-6H2,2H3,(H2,10,11). The largest absolute Gasteiger partial charge is 0.375 e. The third-order valence-corrected chi connectivity index (χ3v) is 5.84. The van der Waals surface area contributed by atoms with Gasteiger partial charge in [-0.25, -0.2) is 9.37 Å². The lowest BCUT2D eigenvalue weighted by Crippen LogP contribution is -2.05.